The smallest absolute Gasteiger partial charge is 0.414 e. The van der Waals surface area contributed by atoms with Gasteiger partial charge in [0.25, 0.3) is 5.89 Å². The van der Waals surface area contributed by atoms with E-state index in [1.54, 1.807) is 7.05 Å². The van der Waals surface area contributed by atoms with Crippen molar-refractivity contribution in [3.05, 3.63) is 42.2 Å². The van der Waals surface area contributed by atoms with Crippen LogP contribution in [-0.4, -0.2) is 97.3 Å². The van der Waals surface area contributed by atoms with Gasteiger partial charge in [-0.05, 0) is 37.8 Å². The number of hydrogen-bond acceptors (Lipinski definition) is 10. The quantitative estimate of drug-likeness (QED) is 0.347. The van der Waals surface area contributed by atoms with E-state index in [2.05, 4.69) is 19.8 Å². The molecule has 0 atom stereocenters. The highest BCUT2D eigenvalue weighted by molar-refractivity contribution is 7.88. The number of carboxylic acids is 2. The van der Waals surface area contributed by atoms with Crippen LogP contribution in [0.1, 0.15) is 37.4 Å². The fourth-order valence-electron chi connectivity index (χ4n) is 3.90. The van der Waals surface area contributed by atoms with Crippen molar-refractivity contribution >= 4 is 33.7 Å². The number of likely N-dealkylation sites (tertiary alicyclic amines) is 1. The lowest BCUT2D eigenvalue weighted by Crippen LogP contribution is -2.42. The molecule has 40 heavy (non-hydrogen) atoms. The molecular weight excluding hydrogens is 546 g/mol. The number of piperidine rings is 1. The van der Waals surface area contributed by atoms with Crippen molar-refractivity contribution in [1.82, 2.24) is 19.8 Å². The predicted octanol–water partition coefficient (Wildman–Crippen LogP) is 1.91. The number of benzene rings is 1. The number of ether oxygens (including phenoxy) is 1. The van der Waals surface area contributed by atoms with Gasteiger partial charge in [0, 0.05) is 51.3 Å². The molecule has 14 nitrogen and oxygen atoms in total. The second-order valence-electron chi connectivity index (χ2n) is 9.41. The van der Waals surface area contributed by atoms with Crippen LogP contribution in [0.5, 0.6) is 0 Å². The van der Waals surface area contributed by atoms with Crippen LogP contribution in [0, 0.1) is 0 Å². The first-order valence-electron chi connectivity index (χ1n) is 12.6. The van der Waals surface area contributed by atoms with Gasteiger partial charge in [-0.25, -0.2) is 27.5 Å². The zero-order valence-corrected chi connectivity index (χ0v) is 23.0. The Hall–Kier alpha value is -3.82. The molecular formula is C25H33N5O9S. The topological polar surface area (TPSA) is 192 Å². The highest BCUT2D eigenvalue weighted by Gasteiger charge is 2.30. The maximum absolute atomic E-state index is 12.8. The number of carbonyl (C=O) groups is 3. The summed E-state index contributed by atoms with van der Waals surface area (Å²) in [4.78, 5) is 40.1. The molecule has 2 aromatic rings. The SMILES string of the molecule is CN(C(=O)OC1CCN(CCNS(C)(=O)=O)CC1)c1ccccc1-c1nc(C2CC2)no1.O=C(O)/C=C\C(=O)O. The van der Waals surface area contributed by atoms with Crippen LogP contribution >= 0.6 is 0 Å². The Morgan fingerprint density at radius 1 is 1.12 bits per heavy atom. The van der Waals surface area contributed by atoms with Gasteiger partial charge in [-0.2, -0.15) is 4.98 Å². The van der Waals surface area contributed by atoms with Crippen LogP contribution < -0.4 is 9.62 Å². The molecule has 1 saturated carbocycles. The van der Waals surface area contributed by atoms with Gasteiger partial charge in [0.1, 0.15) is 6.10 Å². The van der Waals surface area contributed by atoms with Crippen molar-refractivity contribution in [2.75, 3.05) is 44.4 Å². The third kappa shape index (κ3) is 10.1. The number of hydrogen-bond donors (Lipinski definition) is 3. The summed E-state index contributed by atoms with van der Waals surface area (Å²) in [6.07, 6.45) is 5.23. The van der Waals surface area contributed by atoms with E-state index < -0.39 is 28.1 Å². The largest absolute Gasteiger partial charge is 0.478 e. The molecule has 15 heteroatoms. The van der Waals surface area contributed by atoms with E-state index in [4.69, 9.17) is 19.5 Å². The molecule has 0 spiro atoms. The molecule has 1 aromatic carbocycles. The summed E-state index contributed by atoms with van der Waals surface area (Å²) in [5, 5.41) is 19.7. The van der Waals surface area contributed by atoms with Crippen molar-refractivity contribution in [2.24, 2.45) is 0 Å². The zero-order valence-electron chi connectivity index (χ0n) is 22.2. The Morgan fingerprint density at radius 3 is 2.33 bits per heavy atom. The van der Waals surface area contributed by atoms with Crippen LogP contribution in [0.15, 0.2) is 40.9 Å². The summed E-state index contributed by atoms with van der Waals surface area (Å²) in [6, 6.07) is 7.40. The van der Waals surface area contributed by atoms with Crippen LogP contribution in [0.2, 0.25) is 0 Å². The molecule has 1 amide bonds. The number of carbonyl (C=O) groups excluding carboxylic acids is 1. The average molecular weight is 580 g/mol. The minimum Gasteiger partial charge on any atom is -0.478 e. The minimum absolute atomic E-state index is 0.180. The van der Waals surface area contributed by atoms with Crippen LogP contribution in [-0.2, 0) is 24.3 Å². The van der Waals surface area contributed by atoms with Crippen molar-refractivity contribution in [1.29, 1.82) is 0 Å². The second kappa shape index (κ2) is 14.0. The van der Waals surface area contributed by atoms with E-state index in [0.717, 1.165) is 38.0 Å². The summed E-state index contributed by atoms with van der Waals surface area (Å²) in [6.45, 7) is 2.50. The van der Waals surface area contributed by atoms with Gasteiger partial charge < -0.3 is 24.4 Å². The van der Waals surface area contributed by atoms with Crippen LogP contribution in [0.3, 0.4) is 0 Å². The van der Waals surface area contributed by atoms with Crippen molar-refractivity contribution in [3.8, 4) is 11.5 Å². The molecule has 2 fully saturated rings. The number of rotatable bonds is 10. The number of sulfonamides is 1. The summed E-state index contributed by atoms with van der Waals surface area (Å²) in [7, 11) is -1.51. The van der Waals surface area contributed by atoms with Crippen molar-refractivity contribution in [3.63, 3.8) is 0 Å². The number of carboxylic acid groups (broad SMARTS) is 2. The van der Waals surface area contributed by atoms with Crippen LogP contribution in [0.25, 0.3) is 11.5 Å². The first kappa shape index (κ1) is 30.7. The summed E-state index contributed by atoms with van der Waals surface area (Å²) in [5.41, 5.74) is 1.34. The molecule has 2 aliphatic rings. The minimum atomic E-state index is -3.18. The summed E-state index contributed by atoms with van der Waals surface area (Å²) >= 11 is 0. The van der Waals surface area contributed by atoms with E-state index in [1.807, 2.05) is 24.3 Å². The maximum atomic E-state index is 12.8. The Kier molecular flexibility index (Phi) is 10.8. The number of aliphatic carboxylic acids is 2. The lowest BCUT2D eigenvalue weighted by Gasteiger charge is -2.32. The van der Waals surface area contributed by atoms with Gasteiger partial charge >= 0.3 is 18.0 Å². The fraction of sp³-hybridized carbons (Fsp3) is 0.480. The van der Waals surface area contributed by atoms with Gasteiger partial charge in [0.05, 0.1) is 17.5 Å². The molecule has 1 saturated heterocycles. The molecule has 4 rings (SSSR count). The highest BCUT2D eigenvalue weighted by Crippen LogP contribution is 2.39. The number of amides is 1. The number of para-hydroxylation sites is 1. The van der Waals surface area contributed by atoms with E-state index in [1.165, 1.54) is 4.90 Å². The maximum Gasteiger partial charge on any atom is 0.414 e. The summed E-state index contributed by atoms with van der Waals surface area (Å²) < 4.78 is 36.0. The lowest BCUT2D eigenvalue weighted by molar-refractivity contribution is -0.134. The highest BCUT2D eigenvalue weighted by atomic mass is 32.2. The monoisotopic (exact) mass is 579 g/mol. The number of nitrogens with zero attached hydrogens (tertiary/aromatic N) is 4. The first-order valence-corrected chi connectivity index (χ1v) is 14.5. The third-order valence-electron chi connectivity index (χ3n) is 6.12. The van der Waals surface area contributed by atoms with Gasteiger partial charge in [-0.15, -0.1) is 0 Å². The molecule has 0 bridgehead atoms. The van der Waals surface area contributed by atoms with Gasteiger partial charge in [0.15, 0.2) is 5.82 Å². The molecule has 0 unspecified atom stereocenters. The van der Waals surface area contributed by atoms with Crippen molar-refractivity contribution < 1.29 is 42.3 Å². The fourth-order valence-corrected chi connectivity index (χ4v) is 4.36. The van der Waals surface area contributed by atoms with E-state index >= 15 is 0 Å². The standard InChI is InChI=1S/C21H29N5O5S.C4H4O4/c1-25(18-6-4-3-5-17(18)20-23-19(24-31-20)15-7-8-15)21(27)30-16-9-12-26(13-10-16)14-11-22-32(2,28)29;5-3(6)1-2-4(7)8/h3-6,15-16,22H,7-14H2,1-2H3;1-2H,(H,5,6)(H,7,8)/b;2-1-. The lowest BCUT2D eigenvalue weighted by atomic mass is 10.1. The van der Waals surface area contributed by atoms with Gasteiger partial charge in [-0.1, -0.05) is 17.3 Å². The molecule has 0 radical (unpaired) electrons. The van der Waals surface area contributed by atoms with Crippen LogP contribution in [0.4, 0.5) is 10.5 Å². The predicted molar refractivity (Wildman–Crippen MR) is 143 cm³/mol. The molecule has 2 heterocycles. The molecule has 1 aliphatic heterocycles. The van der Waals surface area contributed by atoms with E-state index in [-0.39, 0.29) is 6.10 Å². The molecule has 1 aliphatic carbocycles. The van der Waals surface area contributed by atoms with Gasteiger partial charge in [-0.3, -0.25) is 4.90 Å². The Bertz CT molecular complexity index is 1300. The third-order valence-corrected chi connectivity index (χ3v) is 6.85. The second-order valence-corrected chi connectivity index (χ2v) is 11.2. The van der Waals surface area contributed by atoms with E-state index in [9.17, 15) is 22.8 Å². The Labute approximate surface area is 231 Å². The number of nitrogens with one attached hydrogen (secondary N) is 1. The first-order chi connectivity index (χ1) is 18.9. The molecule has 218 valence electrons. The van der Waals surface area contributed by atoms with Gasteiger partial charge in [0.2, 0.25) is 10.0 Å². The molecule has 1 aromatic heterocycles. The Balaban J connectivity index is 0.000000482. The number of aromatic nitrogens is 2. The van der Waals surface area contributed by atoms with E-state index in [0.29, 0.717) is 61.1 Å². The van der Waals surface area contributed by atoms with Crippen molar-refractivity contribution in [2.45, 2.75) is 37.7 Å². The normalized spacial score (nSPS) is 16.2. The summed E-state index contributed by atoms with van der Waals surface area (Å²) in [5.74, 6) is -1.01. The zero-order chi connectivity index (χ0) is 29.3. The number of anilines is 1. The Morgan fingerprint density at radius 2 is 1.75 bits per heavy atom. The average Bonchev–Trinajstić information content (AvgIpc) is 3.64. The molecule has 3 N–H and O–H groups in total.